The first-order chi connectivity index (χ1) is 13.1. The van der Waals surface area contributed by atoms with E-state index in [1.54, 1.807) is 22.2 Å². The van der Waals surface area contributed by atoms with Gasteiger partial charge in [0.2, 0.25) is 5.95 Å². The molecule has 3 heterocycles. The third-order valence-corrected chi connectivity index (χ3v) is 5.33. The number of anilines is 1. The zero-order valence-electron chi connectivity index (χ0n) is 15.2. The molecule has 0 aliphatic heterocycles. The minimum absolute atomic E-state index is 0.0960. The first kappa shape index (κ1) is 17.5. The molecule has 7 heteroatoms. The predicted octanol–water partition coefficient (Wildman–Crippen LogP) is 4.37. The molecule has 0 saturated heterocycles. The van der Waals surface area contributed by atoms with Gasteiger partial charge in [0.1, 0.15) is 5.39 Å². The Balaban J connectivity index is 1.75. The van der Waals surface area contributed by atoms with Gasteiger partial charge in [-0.05, 0) is 35.9 Å². The maximum Gasteiger partial charge on any atom is 0.263 e. The van der Waals surface area contributed by atoms with Crippen LogP contribution in [-0.2, 0) is 0 Å². The highest BCUT2D eigenvalue weighted by molar-refractivity contribution is 7.10. The number of aromatic amines is 1. The smallest absolute Gasteiger partial charge is 0.263 e. The van der Waals surface area contributed by atoms with Gasteiger partial charge in [-0.3, -0.25) is 9.78 Å². The van der Waals surface area contributed by atoms with Crippen molar-refractivity contribution in [1.29, 1.82) is 0 Å². The highest BCUT2D eigenvalue weighted by atomic mass is 32.1. The third kappa shape index (κ3) is 3.64. The number of thiophene rings is 1. The van der Waals surface area contributed by atoms with Crippen molar-refractivity contribution >= 4 is 28.3 Å². The van der Waals surface area contributed by atoms with Crippen LogP contribution in [0.4, 0.5) is 5.95 Å². The summed E-state index contributed by atoms with van der Waals surface area (Å²) < 4.78 is 1.69. The van der Waals surface area contributed by atoms with Gasteiger partial charge < -0.3 is 5.32 Å². The fraction of sp³-hybridized carbons (Fsp3) is 0.250. The molecular weight excluding hydrogens is 358 g/mol. The largest absolute Gasteiger partial charge is 0.348 e. The van der Waals surface area contributed by atoms with Gasteiger partial charge in [-0.15, -0.1) is 11.3 Å². The molecule has 0 aliphatic rings. The fourth-order valence-corrected chi connectivity index (χ4v) is 3.91. The lowest BCUT2D eigenvalue weighted by Crippen LogP contribution is -2.18. The van der Waals surface area contributed by atoms with E-state index in [0.717, 1.165) is 12.1 Å². The van der Waals surface area contributed by atoms with Crippen LogP contribution in [0.3, 0.4) is 0 Å². The SMILES string of the molecule is CC(C)CC(Nc1nc2c(cnn2-c2ccccc2)c(=O)[nH]1)c1cccs1. The summed E-state index contributed by atoms with van der Waals surface area (Å²) in [5, 5.41) is 10.3. The maximum atomic E-state index is 12.5. The summed E-state index contributed by atoms with van der Waals surface area (Å²) in [6.07, 6.45) is 2.50. The van der Waals surface area contributed by atoms with Crippen LogP contribution < -0.4 is 10.9 Å². The van der Waals surface area contributed by atoms with Crippen LogP contribution in [0.15, 0.2) is 58.8 Å². The van der Waals surface area contributed by atoms with Crippen LogP contribution in [0.2, 0.25) is 0 Å². The lowest BCUT2D eigenvalue weighted by atomic mass is 10.0. The Labute approximate surface area is 160 Å². The molecule has 138 valence electrons. The molecule has 0 fully saturated rings. The zero-order chi connectivity index (χ0) is 18.8. The molecule has 3 aromatic heterocycles. The number of benzene rings is 1. The summed E-state index contributed by atoms with van der Waals surface area (Å²) in [5.41, 5.74) is 1.22. The van der Waals surface area contributed by atoms with Crippen molar-refractivity contribution in [3.8, 4) is 5.69 Å². The quantitative estimate of drug-likeness (QED) is 0.522. The van der Waals surface area contributed by atoms with E-state index in [4.69, 9.17) is 0 Å². The highest BCUT2D eigenvalue weighted by Gasteiger charge is 2.17. The van der Waals surface area contributed by atoms with Crippen molar-refractivity contribution in [2.75, 3.05) is 5.32 Å². The molecule has 6 nitrogen and oxygen atoms in total. The fourth-order valence-electron chi connectivity index (χ4n) is 3.12. The van der Waals surface area contributed by atoms with Gasteiger partial charge in [0, 0.05) is 4.88 Å². The van der Waals surface area contributed by atoms with Gasteiger partial charge in [-0.25, -0.2) is 4.68 Å². The minimum atomic E-state index is -0.195. The maximum absolute atomic E-state index is 12.5. The van der Waals surface area contributed by atoms with Gasteiger partial charge >= 0.3 is 0 Å². The van der Waals surface area contributed by atoms with Crippen molar-refractivity contribution in [3.05, 3.63) is 69.3 Å². The topological polar surface area (TPSA) is 75.6 Å². The average molecular weight is 379 g/mol. The predicted molar refractivity (Wildman–Crippen MR) is 110 cm³/mol. The van der Waals surface area contributed by atoms with E-state index in [-0.39, 0.29) is 11.6 Å². The number of rotatable bonds is 6. The first-order valence-corrected chi connectivity index (χ1v) is 9.83. The number of H-pyrrole nitrogens is 1. The van der Waals surface area contributed by atoms with Crippen LogP contribution >= 0.6 is 11.3 Å². The summed E-state index contributed by atoms with van der Waals surface area (Å²) in [5.74, 6) is 0.971. The Morgan fingerprint density at radius 2 is 2.00 bits per heavy atom. The molecule has 0 aliphatic carbocycles. The second kappa shape index (κ2) is 7.36. The molecule has 1 unspecified atom stereocenters. The second-order valence-corrected chi connectivity index (χ2v) is 7.86. The Bertz CT molecular complexity index is 1080. The lowest BCUT2D eigenvalue weighted by molar-refractivity contribution is 0.533. The number of hydrogen-bond acceptors (Lipinski definition) is 5. The van der Waals surface area contributed by atoms with Crippen molar-refractivity contribution in [1.82, 2.24) is 19.7 Å². The summed E-state index contributed by atoms with van der Waals surface area (Å²) in [7, 11) is 0. The molecule has 2 N–H and O–H groups in total. The Kier molecular flexibility index (Phi) is 4.77. The van der Waals surface area contributed by atoms with Crippen molar-refractivity contribution < 1.29 is 0 Å². The standard InChI is InChI=1S/C20H21N5OS/c1-13(2)11-16(17-9-6-10-27-17)22-20-23-18-15(19(26)24-20)12-21-25(18)14-7-4-3-5-8-14/h3-10,12-13,16H,11H2,1-2H3,(H2,22,23,24,26). The molecule has 0 radical (unpaired) electrons. The highest BCUT2D eigenvalue weighted by Crippen LogP contribution is 2.28. The molecule has 0 saturated carbocycles. The van der Waals surface area contributed by atoms with Crippen LogP contribution in [0.1, 0.15) is 31.2 Å². The zero-order valence-corrected chi connectivity index (χ0v) is 16.0. The van der Waals surface area contributed by atoms with Crippen LogP contribution in [0.5, 0.6) is 0 Å². The second-order valence-electron chi connectivity index (χ2n) is 6.89. The third-order valence-electron chi connectivity index (χ3n) is 4.34. The molecule has 1 atom stereocenters. The number of nitrogens with zero attached hydrogens (tertiary/aromatic N) is 3. The number of hydrogen-bond donors (Lipinski definition) is 2. The Morgan fingerprint density at radius 3 is 2.70 bits per heavy atom. The molecule has 1 aromatic carbocycles. The Hall–Kier alpha value is -2.93. The lowest BCUT2D eigenvalue weighted by Gasteiger charge is -2.19. The average Bonchev–Trinajstić information content (AvgIpc) is 3.32. The summed E-state index contributed by atoms with van der Waals surface area (Å²) in [6.45, 7) is 4.37. The van der Waals surface area contributed by atoms with Crippen LogP contribution in [-0.4, -0.2) is 19.7 Å². The van der Waals surface area contributed by atoms with E-state index in [1.807, 2.05) is 36.4 Å². The van der Waals surface area contributed by atoms with Crippen molar-refractivity contribution in [3.63, 3.8) is 0 Å². The normalized spacial score (nSPS) is 12.6. The number of nitrogens with one attached hydrogen (secondary N) is 2. The van der Waals surface area contributed by atoms with E-state index in [1.165, 1.54) is 4.88 Å². The van der Waals surface area contributed by atoms with Gasteiger partial charge in [0.15, 0.2) is 5.65 Å². The Morgan fingerprint density at radius 1 is 1.19 bits per heavy atom. The number of aromatic nitrogens is 4. The van der Waals surface area contributed by atoms with E-state index < -0.39 is 0 Å². The molecule has 0 bridgehead atoms. The summed E-state index contributed by atoms with van der Waals surface area (Å²) in [4.78, 5) is 21.3. The molecule has 4 rings (SSSR count). The van der Waals surface area contributed by atoms with Gasteiger partial charge in [-0.2, -0.15) is 10.1 Å². The molecule has 4 aromatic rings. The van der Waals surface area contributed by atoms with Gasteiger partial charge in [-0.1, -0.05) is 38.1 Å². The van der Waals surface area contributed by atoms with Crippen LogP contribution in [0.25, 0.3) is 16.7 Å². The van der Waals surface area contributed by atoms with E-state index in [0.29, 0.717) is 22.9 Å². The monoisotopic (exact) mass is 379 g/mol. The van der Waals surface area contributed by atoms with E-state index in [9.17, 15) is 4.79 Å². The molecular formula is C20H21N5OS. The minimum Gasteiger partial charge on any atom is -0.348 e. The molecule has 0 amide bonds. The van der Waals surface area contributed by atoms with Crippen molar-refractivity contribution in [2.45, 2.75) is 26.3 Å². The van der Waals surface area contributed by atoms with Gasteiger partial charge in [0.05, 0.1) is 17.9 Å². The number of fused-ring (bicyclic) bond motifs is 1. The van der Waals surface area contributed by atoms with Gasteiger partial charge in [0.25, 0.3) is 5.56 Å². The summed E-state index contributed by atoms with van der Waals surface area (Å²) >= 11 is 1.70. The van der Waals surface area contributed by atoms with E-state index >= 15 is 0 Å². The molecule has 0 spiro atoms. The summed E-state index contributed by atoms with van der Waals surface area (Å²) in [6, 6.07) is 13.9. The van der Waals surface area contributed by atoms with E-state index in [2.05, 4.69) is 45.7 Å². The number of para-hydroxylation sites is 1. The van der Waals surface area contributed by atoms with Crippen molar-refractivity contribution in [2.24, 2.45) is 5.92 Å². The molecule has 27 heavy (non-hydrogen) atoms. The van der Waals surface area contributed by atoms with Crippen LogP contribution in [0, 0.1) is 5.92 Å². The first-order valence-electron chi connectivity index (χ1n) is 8.95.